The lowest BCUT2D eigenvalue weighted by atomic mass is 10.0. The maximum atomic E-state index is 11.2. The number of para-hydroxylation sites is 1. The van der Waals surface area contributed by atoms with Crippen molar-refractivity contribution in [3.8, 4) is 11.1 Å². The van der Waals surface area contributed by atoms with Crippen LogP contribution in [0.5, 0.6) is 0 Å². The number of rotatable bonds is 4. The van der Waals surface area contributed by atoms with Crippen molar-refractivity contribution in [2.75, 3.05) is 11.9 Å². The van der Waals surface area contributed by atoms with E-state index in [0.717, 1.165) is 18.7 Å². The molecule has 1 amide bonds. The molecule has 2 N–H and O–H groups in total. The summed E-state index contributed by atoms with van der Waals surface area (Å²) in [6, 6.07) is 18.8. The zero-order chi connectivity index (χ0) is 13.8. The Labute approximate surface area is 119 Å². The van der Waals surface area contributed by atoms with Crippen LogP contribution in [0.1, 0.15) is 12.8 Å². The van der Waals surface area contributed by atoms with Crippen molar-refractivity contribution in [3.05, 3.63) is 54.6 Å². The van der Waals surface area contributed by atoms with Crippen molar-refractivity contribution in [1.82, 2.24) is 5.32 Å². The quantitative estimate of drug-likeness (QED) is 0.893. The first-order valence-electron chi connectivity index (χ1n) is 7.00. The molecule has 1 saturated heterocycles. The van der Waals surface area contributed by atoms with E-state index in [1.807, 2.05) is 30.3 Å². The van der Waals surface area contributed by atoms with Crippen LogP contribution in [0.4, 0.5) is 5.69 Å². The highest BCUT2D eigenvalue weighted by Gasteiger charge is 2.20. The minimum atomic E-state index is 0.160. The molecule has 102 valence electrons. The summed E-state index contributed by atoms with van der Waals surface area (Å²) in [6.45, 7) is 0.773. The van der Waals surface area contributed by atoms with Gasteiger partial charge >= 0.3 is 0 Å². The molecule has 0 bridgehead atoms. The molecular formula is C17H18N2O. The monoisotopic (exact) mass is 266 g/mol. The van der Waals surface area contributed by atoms with Crippen LogP contribution in [0.25, 0.3) is 11.1 Å². The standard InChI is InChI=1S/C17H18N2O/c20-17-11-10-14(19-17)12-18-16-9-5-4-8-15(16)13-6-2-1-3-7-13/h1-9,14,18H,10-12H2,(H,19,20). The second-order valence-electron chi connectivity index (χ2n) is 5.10. The van der Waals surface area contributed by atoms with Crippen LogP contribution >= 0.6 is 0 Å². The van der Waals surface area contributed by atoms with Crippen molar-refractivity contribution in [1.29, 1.82) is 0 Å². The lowest BCUT2D eigenvalue weighted by Gasteiger charge is -2.15. The van der Waals surface area contributed by atoms with Gasteiger partial charge in [0, 0.05) is 30.3 Å². The molecule has 1 heterocycles. The largest absolute Gasteiger partial charge is 0.382 e. The van der Waals surface area contributed by atoms with E-state index < -0.39 is 0 Å². The van der Waals surface area contributed by atoms with Gasteiger partial charge in [0.2, 0.25) is 5.91 Å². The van der Waals surface area contributed by atoms with Crippen molar-refractivity contribution in [3.63, 3.8) is 0 Å². The molecule has 0 aliphatic carbocycles. The maximum absolute atomic E-state index is 11.2. The molecule has 20 heavy (non-hydrogen) atoms. The summed E-state index contributed by atoms with van der Waals surface area (Å²) < 4.78 is 0. The second kappa shape index (κ2) is 5.78. The summed E-state index contributed by atoms with van der Waals surface area (Å²) in [5.74, 6) is 0.160. The molecule has 3 nitrogen and oxygen atoms in total. The third kappa shape index (κ3) is 2.82. The van der Waals surface area contributed by atoms with Crippen molar-refractivity contribution >= 4 is 11.6 Å². The fraction of sp³-hybridized carbons (Fsp3) is 0.235. The number of carbonyl (C=O) groups excluding carboxylic acids is 1. The van der Waals surface area contributed by atoms with E-state index in [0.29, 0.717) is 6.42 Å². The molecule has 0 radical (unpaired) electrons. The van der Waals surface area contributed by atoms with E-state index >= 15 is 0 Å². The highest BCUT2D eigenvalue weighted by atomic mass is 16.1. The number of nitrogens with one attached hydrogen (secondary N) is 2. The summed E-state index contributed by atoms with van der Waals surface area (Å²) >= 11 is 0. The normalized spacial score (nSPS) is 17.8. The van der Waals surface area contributed by atoms with Crippen LogP contribution in [0.15, 0.2) is 54.6 Å². The summed E-state index contributed by atoms with van der Waals surface area (Å²) in [5.41, 5.74) is 3.50. The topological polar surface area (TPSA) is 41.1 Å². The third-order valence-electron chi connectivity index (χ3n) is 3.64. The maximum Gasteiger partial charge on any atom is 0.220 e. The molecule has 0 aromatic heterocycles. The summed E-state index contributed by atoms with van der Waals surface area (Å²) in [5, 5.41) is 6.44. The van der Waals surface area contributed by atoms with Crippen LogP contribution in [0.2, 0.25) is 0 Å². The molecule has 1 fully saturated rings. The van der Waals surface area contributed by atoms with Crippen LogP contribution in [0.3, 0.4) is 0 Å². The molecule has 3 heteroatoms. The third-order valence-corrected chi connectivity index (χ3v) is 3.64. The van der Waals surface area contributed by atoms with E-state index in [2.05, 4.69) is 34.9 Å². The van der Waals surface area contributed by atoms with Gasteiger partial charge in [0.25, 0.3) is 0 Å². The van der Waals surface area contributed by atoms with Crippen LogP contribution in [-0.2, 0) is 4.79 Å². The van der Waals surface area contributed by atoms with E-state index in [1.165, 1.54) is 11.1 Å². The smallest absolute Gasteiger partial charge is 0.220 e. The van der Waals surface area contributed by atoms with Gasteiger partial charge < -0.3 is 10.6 Å². The zero-order valence-electron chi connectivity index (χ0n) is 11.3. The molecule has 0 saturated carbocycles. The number of benzene rings is 2. The van der Waals surface area contributed by atoms with Gasteiger partial charge in [0.05, 0.1) is 0 Å². The molecule has 3 rings (SSSR count). The Hall–Kier alpha value is -2.29. The Balaban J connectivity index is 1.75. The lowest BCUT2D eigenvalue weighted by Crippen LogP contribution is -2.31. The van der Waals surface area contributed by atoms with Gasteiger partial charge in [-0.25, -0.2) is 0 Å². The molecule has 1 unspecified atom stereocenters. The fourth-order valence-electron chi connectivity index (χ4n) is 2.57. The number of hydrogen-bond acceptors (Lipinski definition) is 2. The first-order chi connectivity index (χ1) is 9.83. The molecule has 1 aliphatic rings. The Kier molecular flexibility index (Phi) is 3.68. The number of carbonyl (C=O) groups is 1. The summed E-state index contributed by atoms with van der Waals surface area (Å²) in [6.07, 6.45) is 1.56. The molecule has 2 aromatic carbocycles. The first-order valence-corrected chi connectivity index (χ1v) is 7.00. The zero-order valence-corrected chi connectivity index (χ0v) is 11.3. The van der Waals surface area contributed by atoms with Crippen LogP contribution < -0.4 is 10.6 Å². The first kappa shape index (κ1) is 12.7. The van der Waals surface area contributed by atoms with Gasteiger partial charge in [-0.15, -0.1) is 0 Å². The van der Waals surface area contributed by atoms with Gasteiger partial charge in [-0.1, -0.05) is 48.5 Å². The average Bonchev–Trinajstić information content (AvgIpc) is 2.92. The Morgan fingerprint density at radius 2 is 1.80 bits per heavy atom. The SMILES string of the molecule is O=C1CCC(CNc2ccccc2-c2ccccc2)N1. The van der Waals surface area contributed by atoms with E-state index in [9.17, 15) is 4.79 Å². The number of hydrogen-bond donors (Lipinski definition) is 2. The van der Waals surface area contributed by atoms with Crippen molar-refractivity contribution < 1.29 is 4.79 Å². The lowest BCUT2D eigenvalue weighted by molar-refractivity contribution is -0.119. The van der Waals surface area contributed by atoms with Gasteiger partial charge in [-0.05, 0) is 18.1 Å². The summed E-state index contributed by atoms with van der Waals surface area (Å²) in [7, 11) is 0. The number of amides is 1. The number of anilines is 1. The van der Waals surface area contributed by atoms with Crippen molar-refractivity contribution in [2.24, 2.45) is 0 Å². The Bertz CT molecular complexity index is 595. The second-order valence-corrected chi connectivity index (χ2v) is 5.10. The predicted molar refractivity (Wildman–Crippen MR) is 81.5 cm³/mol. The highest BCUT2D eigenvalue weighted by molar-refractivity contribution is 5.79. The fourth-order valence-corrected chi connectivity index (χ4v) is 2.57. The highest BCUT2D eigenvalue weighted by Crippen LogP contribution is 2.27. The Morgan fingerprint density at radius 3 is 2.55 bits per heavy atom. The van der Waals surface area contributed by atoms with Gasteiger partial charge in [-0.3, -0.25) is 4.79 Å². The predicted octanol–water partition coefficient (Wildman–Crippen LogP) is 3.04. The Morgan fingerprint density at radius 1 is 1.05 bits per heavy atom. The van der Waals surface area contributed by atoms with Gasteiger partial charge in [0.15, 0.2) is 0 Å². The minimum Gasteiger partial charge on any atom is -0.382 e. The average molecular weight is 266 g/mol. The molecule has 0 spiro atoms. The molecular weight excluding hydrogens is 248 g/mol. The van der Waals surface area contributed by atoms with Gasteiger partial charge in [-0.2, -0.15) is 0 Å². The van der Waals surface area contributed by atoms with E-state index in [4.69, 9.17) is 0 Å². The molecule has 1 atom stereocenters. The van der Waals surface area contributed by atoms with E-state index in [1.54, 1.807) is 0 Å². The minimum absolute atomic E-state index is 0.160. The molecule has 2 aromatic rings. The van der Waals surface area contributed by atoms with E-state index in [-0.39, 0.29) is 11.9 Å². The summed E-state index contributed by atoms with van der Waals surface area (Å²) in [4.78, 5) is 11.2. The van der Waals surface area contributed by atoms with Crippen LogP contribution in [-0.4, -0.2) is 18.5 Å². The van der Waals surface area contributed by atoms with Crippen LogP contribution in [0, 0.1) is 0 Å². The van der Waals surface area contributed by atoms with Gasteiger partial charge in [0.1, 0.15) is 0 Å². The molecule has 1 aliphatic heterocycles. The van der Waals surface area contributed by atoms with Crippen molar-refractivity contribution in [2.45, 2.75) is 18.9 Å².